The number of hydrogen-bond acceptors (Lipinski definition) is 1. The van der Waals surface area contributed by atoms with Crippen molar-refractivity contribution in [2.75, 3.05) is 0 Å². The summed E-state index contributed by atoms with van der Waals surface area (Å²) in [6.07, 6.45) is 11.3. The van der Waals surface area contributed by atoms with Crippen LogP contribution in [0.5, 0.6) is 0 Å². The maximum Gasteiger partial charge on any atom is 0.131 e. The minimum Gasteiger partial charge on any atom is -0.256 e. The molecule has 0 saturated heterocycles. The Kier molecular flexibility index (Phi) is 7.98. The number of rotatable bonds is 10. The van der Waals surface area contributed by atoms with Crippen molar-refractivity contribution in [3.8, 4) is 22.4 Å². The van der Waals surface area contributed by atoms with Gasteiger partial charge in [0.15, 0.2) is 0 Å². The molecule has 0 fully saturated rings. The average Bonchev–Trinajstić information content (AvgIpc) is 2.76. The lowest BCUT2D eigenvalue weighted by molar-refractivity contribution is 0.627. The molecular weight excluding hydrogens is 357 g/mol. The summed E-state index contributed by atoms with van der Waals surface area (Å²) in [5, 5.41) is 0. The molecule has 0 atom stereocenters. The van der Waals surface area contributed by atoms with Gasteiger partial charge in [-0.05, 0) is 54.5 Å². The first-order chi connectivity index (χ1) is 14.2. The molecule has 0 bridgehead atoms. The molecule has 0 unspecified atom stereocenters. The summed E-state index contributed by atoms with van der Waals surface area (Å²) in [5.41, 5.74) is 5.96. The van der Waals surface area contributed by atoms with E-state index in [0.29, 0.717) is 5.56 Å². The third kappa shape index (κ3) is 6.00. The van der Waals surface area contributed by atoms with Crippen molar-refractivity contribution in [2.45, 2.75) is 65.2 Å². The smallest absolute Gasteiger partial charge is 0.131 e. The van der Waals surface area contributed by atoms with Gasteiger partial charge in [-0.3, -0.25) is 4.98 Å². The van der Waals surface area contributed by atoms with E-state index in [2.05, 4.69) is 31.0 Å². The fraction of sp³-hybridized carbons (Fsp3) is 0.370. The number of nitrogens with zero attached hydrogens (tertiary/aromatic N) is 1. The standard InChI is InChI=1S/C27H32FN/c1-3-5-7-8-10-22-12-18-27(29-20-22)24-15-13-23(14-16-24)25-17-11-21(9-6-4-2)19-26(25)28/h11-20H,3-10H2,1-2H3. The number of hydrogen-bond donors (Lipinski definition) is 0. The molecule has 3 aromatic rings. The summed E-state index contributed by atoms with van der Waals surface area (Å²) >= 11 is 0. The van der Waals surface area contributed by atoms with Crippen molar-refractivity contribution in [1.82, 2.24) is 4.98 Å². The Morgan fingerprint density at radius 1 is 0.690 bits per heavy atom. The highest BCUT2D eigenvalue weighted by Crippen LogP contribution is 2.27. The van der Waals surface area contributed by atoms with Crippen molar-refractivity contribution in [1.29, 1.82) is 0 Å². The van der Waals surface area contributed by atoms with Gasteiger partial charge in [0.25, 0.3) is 0 Å². The largest absolute Gasteiger partial charge is 0.256 e. The van der Waals surface area contributed by atoms with Crippen LogP contribution in [0.3, 0.4) is 0 Å². The van der Waals surface area contributed by atoms with Crippen molar-refractivity contribution in [3.63, 3.8) is 0 Å². The molecule has 2 heteroatoms. The third-order valence-corrected chi connectivity index (χ3v) is 5.49. The van der Waals surface area contributed by atoms with E-state index < -0.39 is 0 Å². The summed E-state index contributed by atoms with van der Waals surface area (Å²) in [5.74, 6) is -0.142. The lowest BCUT2D eigenvalue weighted by Crippen LogP contribution is -1.91. The lowest BCUT2D eigenvalue weighted by atomic mass is 9.99. The van der Waals surface area contributed by atoms with Crippen LogP contribution in [-0.4, -0.2) is 4.98 Å². The number of halogens is 1. The van der Waals surface area contributed by atoms with Crippen LogP contribution in [0.15, 0.2) is 60.8 Å². The molecule has 29 heavy (non-hydrogen) atoms. The minimum atomic E-state index is -0.142. The summed E-state index contributed by atoms with van der Waals surface area (Å²) in [6, 6.07) is 17.9. The second-order valence-corrected chi connectivity index (χ2v) is 7.86. The Morgan fingerprint density at radius 2 is 1.38 bits per heavy atom. The van der Waals surface area contributed by atoms with E-state index in [1.807, 2.05) is 42.6 Å². The normalized spacial score (nSPS) is 11.0. The second kappa shape index (κ2) is 10.9. The first-order valence-corrected chi connectivity index (χ1v) is 11.1. The van der Waals surface area contributed by atoms with Gasteiger partial charge in [0.2, 0.25) is 0 Å². The van der Waals surface area contributed by atoms with E-state index >= 15 is 0 Å². The zero-order valence-corrected chi connectivity index (χ0v) is 17.8. The molecule has 0 spiro atoms. The monoisotopic (exact) mass is 389 g/mol. The molecule has 2 aromatic carbocycles. The molecule has 152 valence electrons. The van der Waals surface area contributed by atoms with Crippen LogP contribution in [0.25, 0.3) is 22.4 Å². The zero-order chi connectivity index (χ0) is 20.5. The Labute approximate surface area is 175 Å². The van der Waals surface area contributed by atoms with E-state index in [1.54, 1.807) is 6.07 Å². The van der Waals surface area contributed by atoms with Gasteiger partial charge in [-0.15, -0.1) is 0 Å². The van der Waals surface area contributed by atoms with Crippen LogP contribution in [0.2, 0.25) is 0 Å². The Bertz CT molecular complexity index is 881. The van der Waals surface area contributed by atoms with Gasteiger partial charge in [0, 0.05) is 17.3 Å². The summed E-state index contributed by atoms with van der Waals surface area (Å²) < 4.78 is 14.6. The number of pyridine rings is 1. The van der Waals surface area contributed by atoms with Crippen LogP contribution < -0.4 is 0 Å². The van der Waals surface area contributed by atoms with E-state index in [-0.39, 0.29) is 5.82 Å². The fourth-order valence-electron chi connectivity index (χ4n) is 3.65. The van der Waals surface area contributed by atoms with Gasteiger partial charge in [-0.2, -0.15) is 0 Å². The number of aryl methyl sites for hydroxylation is 2. The summed E-state index contributed by atoms with van der Waals surface area (Å²) in [7, 11) is 0. The van der Waals surface area contributed by atoms with Gasteiger partial charge in [-0.1, -0.05) is 82.0 Å². The van der Waals surface area contributed by atoms with Crippen LogP contribution in [0.1, 0.15) is 63.5 Å². The maximum atomic E-state index is 14.6. The van der Waals surface area contributed by atoms with E-state index in [0.717, 1.165) is 48.1 Å². The fourth-order valence-corrected chi connectivity index (χ4v) is 3.65. The zero-order valence-electron chi connectivity index (χ0n) is 17.8. The van der Waals surface area contributed by atoms with Gasteiger partial charge in [0.1, 0.15) is 5.82 Å². The number of aromatic nitrogens is 1. The molecule has 0 aliphatic heterocycles. The molecule has 0 N–H and O–H groups in total. The highest BCUT2D eigenvalue weighted by Gasteiger charge is 2.07. The molecule has 0 radical (unpaired) electrons. The molecule has 1 nitrogen and oxygen atoms in total. The number of unbranched alkanes of at least 4 members (excludes halogenated alkanes) is 4. The Morgan fingerprint density at radius 3 is 2.03 bits per heavy atom. The average molecular weight is 390 g/mol. The molecule has 0 saturated carbocycles. The maximum absolute atomic E-state index is 14.6. The van der Waals surface area contributed by atoms with Crippen LogP contribution in [-0.2, 0) is 12.8 Å². The van der Waals surface area contributed by atoms with Crippen molar-refractivity contribution >= 4 is 0 Å². The van der Waals surface area contributed by atoms with E-state index in [1.165, 1.54) is 31.2 Å². The van der Waals surface area contributed by atoms with Gasteiger partial charge >= 0.3 is 0 Å². The molecule has 0 aliphatic rings. The highest BCUT2D eigenvalue weighted by molar-refractivity contribution is 5.69. The first-order valence-electron chi connectivity index (χ1n) is 11.1. The molecule has 0 amide bonds. The second-order valence-electron chi connectivity index (χ2n) is 7.86. The number of benzene rings is 2. The van der Waals surface area contributed by atoms with Crippen LogP contribution in [0, 0.1) is 5.82 Å². The summed E-state index contributed by atoms with van der Waals surface area (Å²) in [4.78, 5) is 4.63. The van der Waals surface area contributed by atoms with Crippen LogP contribution in [0.4, 0.5) is 4.39 Å². The SMILES string of the molecule is CCCCCCc1ccc(-c2ccc(-c3ccc(CCCC)cc3F)cc2)nc1. The van der Waals surface area contributed by atoms with Crippen molar-refractivity contribution in [2.24, 2.45) is 0 Å². The highest BCUT2D eigenvalue weighted by atomic mass is 19.1. The van der Waals surface area contributed by atoms with Gasteiger partial charge in [0.05, 0.1) is 5.69 Å². The quantitative estimate of drug-likeness (QED) is 0.320. The van der Waals surface area contributed by atoms with E-state index in [4.69, 9.17) is 0 Å². The van der Waals surface area contributed by atoms with E-state index in [9.17, 15) is 4.39 Å². The topological polar surface area (TPSA) is 12.9 Å². The molecular formula is C27H32FN. The third-order valence-electron chi connectivity index (χ3n) is 5.49. The van der Waals surface area contributed by atoms with Crippen LogP contribution >= 0.6 is 0 Å². The predicted octanol–water partition coefficient (Wildman–Crippen LogP) is 8.02. The molecule has 0 aliphatic carbocycles. The van der Waals surface area contributed by atoms with Gasteiger partial charge in [-0.25, -0.2) is 4.39 Å². The molecule has 1 heterocycles. The van der Waals surface area contributed by atoms with Crippen molar-refractivity contribution < 1.29 is 4.39 Å². The minimum absolute atomic E-state index is 0.142. The molecule has 3 rings (SSSR count). The Hall–Kier alpha value is -2.48. The predicted molar refractivity (Wildman–Crippen MR) is 122 cm³/mol. The first kappa shape index (κ1) is 21.2. The van der Waals surface area contributed by atoms with Gasteiger partial charge < -0.3 is 0 Å². The molecule has 1 aromatic heterocycles. The van der Waals surface area contributed by atoms with Crippen molar-refractivity contribution in [3.05, 3.63) is 77.7 Å². The Balaban J connectivity index is 1.67. The summed E-state index contributed by atoms with van der Waals surface area (Å²) in [6.45, 7) is 4.39. The lowest BCUT2D eigenvalue weighted by Gasteiger charge is -2.08.